The first-order valence-corrected chi connectivity index (χ1v) is 4.42. The van der Waals surface area contributed by atoms with E-state index in [0.29, 0.717) is 0 Å². The summed E-state index contributed by atoms with van der Waals surface area (Å²) in [5.74, 6) is 0.741. The topological polar surface area (TPSA) is 42.7 Å². The Morgan fingerprint density at radius 3 is 3.25 bits per heavy atom. The summed E-state index contributed by atoms with van der Waals surface area (Å²) < 4.78 is 1.98. The van der Waals surface area contributed by atoms with E-state index in [-0.39, 0.29) is 0 Å². The molecule has 1 atom stereocenters. The van der Waals surface area contributed by atoms with Crippen molar-refractivity contribution < 1.29 is 0 Å². The SMILES string of the molecule is Cc1cnnn1CC1CCNC1. The predicted octanol–water partition coefficient (Wildman–Crippen LogP) is 0.196. The Bertz CT molecular complexity index is 249. The highest BCUT2D eigenvalue weighted by molar-refractivity contribution is 4.89. The molecule has 2 rings (SSSR count). The van der Waals surface area contributed by atoms with Gasteiger partial charge in [-0.3, -0.25) is 0 Å². The summed E-state index contributed by atoms with van der Waals surface area (Å²) in [5.41, 5.74) is 1.15. The van der Waals surface area contributed by atoms with Crippen molar-refractivity contribution in [2.24, 2.45) is 5.92 Å². The third-order valence-electron chi connectivity index (χ3n) is 2.40. The lowest BCUT2D eigenvalue weighted by Crippen LogP contribution is -2.16. The molecule has 0 aromatic carbocycles. The third kappa shape index (κ3) is 1.48. The lowest BCUT2D eigenvalue weighted by atomic mass is 10.1. The Balaban J connectivity index is 1.98. The van der Waals surface area contributed by atoms with Crippen LogP contribution in [0.25, 0.3) is 0 Å². The van der Waals surface area contributed by atoms with Gasteiger partial charge in [0.15, 0.2) is 0 Å². The molecule has 1 aliphatic heterocycles. The van der Waals surface area contributed by atoms with E-state index in [2.05, 4.69) is 15.6 Å². The quantitative estimate of drug-likeness (QED) is 0.682. The first-order chi connectivity index (χ1) is 5.86. The van der Waals surface area contributed by atoms with E-state index in [1.807, 2.05) is 17.8 Å². The van der Waals surface area contributed by atoms with Crippen molar-refractivity contribution >= 4 is 0 Å². The van der Waals surface area contributed by atoms with Crippen LogP contribution in [0.5, 0.6) is 0 Å². The Morgan fingerprint density at radius 2 is 2.67 bits per heavy atom. The van der Waals surface area contributed by atoms with E-state index < -0.39 is 0 Å². The van der Waals surface area contributed by atoms with Crippen LogP contribution in [0.3, 0.4) is 0 Å². The molecule has 12 heavy (non-hydrogen) atoms. The highest BCUT2D eigenvalue weighted by Crippen LogP contribution is 2.10. The van der Waals surface area contributed by atoms with Crippen molar-refractivity contribution in [1.29, 1.82) is 0 Å². The maximum absolute atomic E-state index is 4.02. The van der Waals surface area contributed by atoms with E-state index in [9.17, 15) is 0 Å². The van der Waals surface area contributed by atoms with E-state index in [4.69, 9.17) is 0 Å². The molecule has 1 aromatic heterocycles. The van der Waals surface area contributed by atoms with Gasteiger partial charge >= 0.3 is 0 Å². The maximum atomic E-state index is 4.02. The second-order valence-corrected chi connectivity index (χ2v) is 3.42. The van der Waals surface area contributed by atoms with Gasteiger partial charge in [0.2, 0.25) is 0 Å². The molecule has 1 unspecified atom stereocenters. The van der Waals surface area contributed by atoms with Crippen LogP contribution >= 0.6 is 0 Å². The fourth-order valence-corrected chi connectivity index (χ4v) is 1.60. The first kappa shape index (κ1) is 7.73. The Kier molecular flexibility index (Phi) is 2.08. The molecule has 0 aliphatic carbocycles. The van der Waals surface area contributed by atoms with Gasteiger partial charge in [-0.15, -0.1) is 5.10 Å². The molecule has 4 heteroatoms. The fourth-order valence-electron chi connectivity index (χ4n) is 1.60. The van der Waals surface area contributed by atoms with Crippen LogP contribution in [0.15, 0.2) is 6.20 Å². The van der Waals surface area contributed by atoms with Crippen molar-refractivity contribution in [1.82, 2.24) is 20.3 Å². The molecule has 1 fully saturated rings. The average Bonchev–Trinajstić information content (AvgIpc) is 2.65. The molecule has 1 N–H and O–H groups in total. The van der Waals surface area contributed by atoms with Gasteiger partial charge in [-0.05, 0) is 32.4 Å². The lowest BCUT2D eigenvalue weighted by molar-refractivity contribution is 0.434. The average molecular weight is 166 g/mol. The second kappa shape index (κ2) is 3.23. The summed E-state index contributed by atoms with van der Waals surface area (Å²) in [7, 11) is 0. The van der Waals surface area contributed by atoms with Crippen LogP contribution in [0, 0.1) is 12.8 Å². The van der Waals surface area contributed by atoms with Crippen LogP contribution in [0.2, 0.25) is 0 Å². The lowest BCUT2D eigenvalue weighted by Gasteiger charge is -2.08. The van der Waals surface area contributed by atoms with Crippen LogP contribution < -0.4 is 5.32 Å². The molecule has 0 saturated carbocycles. The second-order valence-electron chi connectivity index (χ2n) is 3.42. The number of aryl methyl sites for hydroxylation is 1. The van der Waals surface area contributed by atoms with Crippen molar-refractivity contribution in [3.63, 3.8) is 0 Å². The summed E-state index contributed by atoms with van der Waals surface area (Å²) in [5, 5.41) is 11.2. The summed E-state index contributed by atoms with van der Waals surface area (Å²) in [4.78, 5) is 0. The molecule has 2 heterocycles. The normalized spacial score (nSPS) is 23.2. The number of rotatable bonds is 2. The van der Waals surface area contributed by atoms with Gasteiger partial charge in [0.05, 0.1) is 11.9 Å². The van der Waals surface area contributed by atoms with E-state index in [1.54, 1.807) is 0 Å². The molecule has 0 amide bonds. The molecule has 1 aliphatic rings. The van der Waals surface area contributed by atoms with Crippen LogP contribution in [-0.2, 0) is 6.54 Å². The van der Waals surface area contributed by atoms with Crippen LogP contribution in [0.4, 0.5) is 0 Å². The van der Waals surface area contributed by atoms with Crippen LogP contribution in [-0.4, -0.2) is 28.1 Å². The zero-order valence-corrected chi connectivity index (χ0v) is 7.32. The molecule has 4 nitrogen and oxygen atoms in total. The maximum Gasteiger partial charge on any atom is 0.0722 e. The molecule has 0 bridgehead atoms. The molecular formula is C8H14N4. The minimum atomic E-state index is 0.741. The van der Waals surface area contributed by atoms with Crippen molar-refractivity contribution in [3.05, 3.63) is 11.9 Å². The minimum Gasteiger partial charge on any atom is -0.316 e. The van der Waals surface area contributed by atoms with Gasteiger partial charge in [-0.2, -0.15) is 0 Å². The number of hydrogen-bond donors (Lipinski definition) is 1. The van der Waals surface area contributed by atoms with Gasteiger partial charge in [0, 0.05) is 6.54 Å². The third-order valence-corrected chi connectivity index (χ3v) is 2.40. The summed E-state index contributed by atoms with van der Waals surface area (Å²) in [6.07, 6.45) is 3.07. The number of aromatic nitrogens is 3. The van der Waals surface area contributed by atoms with Gasteiger partial charge in [-0.25, -0.2) is 4.68 Å². The van der Waals surface area contributed by atoms with Gasteiger partial charge in [-0.1, -0.05) is 5.21 Å². The molecular weight excluding hydrogens is 152 g/mol. The molecule has 66 valence electrons. The highest BCUT2D eigenvalue weighted by Gasteiger charge is 2.15. The Labute approximate surface area is 72.0 Å². The van der Waals surface area contributed by atoms with Crippen molar-refractivity contribution in [3.8, 4) is 0 Å². The monoisotopic (exact) mass is 166 g/mol. The molecule has 1 saturated heterocycles. The van der Waals surface area contributed by atoms with E-state index >= 15 is 0 Å². The number of nitrogens with zero attached hydrogens (tertiary/aromatic N) is 3. The summed E-state index contributed by atoms with van der Waals surface area (Å²) >= 11 is 0. The summed E-state index contributed by atoms with van der Waals surface area (Å²) in [6.45, 7) is 5.33. The van der Waals surface area contributed by atoms with Crippen molar-refractivity contribution in [2.75, 3.05) is 13.1 Å². The zero-order valence-electron chi connectivity index (χ0n) is 7.32. The Hall–Kier alpha value is -0.900. The first-order valence-electron chi connectivity index (χ1n) is 4.42. The van der Waals surface area contributed by atoms with E-state index in [1.165, 1.54) is 6.42 Å². The molecule has 0 spiro atoms. The Morgan fingerprint density at radius 1 is 1.75 bits per heavy atom. The molecule has 0 radical (unpaired) electrons. The van der Waals surface area contributed by atoms with Gasteiger partial charge < -0.3 is 5.32 Å². The van der Waals surface area contributed by atoms with Crippen molar-refractivity contribution in [2.45, 2.75) is 19.9 Å². The zero-order chi connectivity index (χ0) is 8.39. The number of nitrogens with one attached hydrogen (secondary N) is 1. The minimum absolute atomic E-state index is 0.741. The predicted molar refractivity (Wildman–Crippen MR) is 45.7 cm³/mol. The van der Waals surface area contributed by atoms with E-state index in [0.717, 1.165) is 31.2 Å². The smallest absolute Gasteiger partial charge is 0.0722 e. The summed E-state index contributed by atoms with van der Waals surface area (Å²) in [6, 6.07) is 0. The molecule has 1 aromatic rings. The standard InChI is InChI=1S/C8H14N4/c1-7-4-10-11-12(7)6-8-2-3-9-5-8/h4,8-9H,2-3,5-6H2,1H3. The highest BCUT2D eigenvalue weighted by atomic mass is 15.4. The largest absolute Gasteiger partial charge is 0.316 e. The van der Waals surface area contributed by atoms with Gasteiger partial charge in [0.1, 0.15) is 0 Å². The fraction of sp³-hybridized carbons (Fsp3) is 0.750. The number of hydrogen-bond acceptors (Lipinski definition) is 3. The van der Waals surface area contributed by atoms with Gasteiger partial charge in [0.25, 0.3) is 0 Å². The van der Waals surface area contributed by atoms with Crippen LogP contribution in [0.1, 0.15) is 12.1 Å².